The lowest BCUT2D eigenvalue weighted by Crippen LogP contribution is -2.55. The number of benzene rings is 3. The van der Waals surface area contributed by atoms with E-state index < -0.39 is 0 Å². The molecule has 2 aliphatic rings. The van der Waals surface area contributed by atoms with Gasteiger partial charge in [0.2, 0.25) is 0 Å². The monoisotopic (exact) mass is 660 g/mol. The fourth-order valence-corrected chi connectivity index (χ4v) is 6.87. The Labute approximate surface area is 281 Å². The predicted molar refractivity (Wildman–Crippen MR) is 184 cm³/mol. The summed E-state index contributed by atoms with van der Waals surface area (Å²) in [6.45, 7) is 13.7. The lowest BCUT2D eigenvalue weighted by atomic mass is 9.89. The molecule has 1 aliphatic heterocycles. The molecular formula is C36H45ClN6O4. The SMILES string of the molecule is CCOc1cc(O[C@H]2CCc3c(-c4cccc(OCCCN5CCC5(C)C)c4C)cccc32)c(Cl)cc1CNCCn1nn[nH]c1=O. The van der Waals surface area contributed by atoms with Gasteiger partial charge >= 0.3 is 5.69 Å². The van der Waals surface area contributed by atoms with Gasteiger partial charge in [-0.3, -0.25) is 4.90 Å². The van der Waals surface area contributed by atoms with E-state index in [1.807, 2.05) is 19.1 Å². The molecule has 1 aromatic heterocycles. The smallest absolute Gasteiger partial charge is 0.361 e. The number of likely N-dealkylation sites (tertiary alicyclic amines) is 1. The van der Waals surface area contributed by atoms with E-state index in [4.69, 9.17) is 25.8 Å². The van der Waals surface area contributed by atoms with Crippen LogP contribution in [0.5, 0.6) is 17.2 Å². The van der Waals surface area contributed by atoms with Crippen molar-refractivity contribution in [2.45, 2.75) is 78.1 Å². The van der Waals surface area contributed by atoms with Crippen molar-refractivity contribution < 1.29 is 14.2 Å². The Hall–Kier alpha value is -3.86. The van der Waals surface area contributed by atoms with E-state index in [1.165, 1.54) is 39.9 Å². The first-order valence-electron chi connectivity index (χ1n) is 16.7. The van der Waals surface area contributed by atoms with Crippen molar-refractivity contribution in [3.8, 4) is 28.4 Å². The maximum atomic E-state index is 11.6. The second-order valence-electron chi connectivity index (χ2n) is 12.9. The van der Waals surface area contributed by atoms with E-state index in [0.29, 0.717) is 54.9 Å². The molecule has 1 aliphatic carbocycles. The highest BCUT2D eigenvalue weighted by Gasteiger charge is 2.34. The molecule has 11 heteroatoms. The molecule has 10 nitrogen and oxygen atoms in total. The third kappa shape index (κ3) is 7.35. The zero-order valence-electron chi connectivity index (χ0n) is 27.8. The molecule has 2 N–H and O–H groups in total. The number of aromatic amines is 1. The van der Waals surface area contributed by atoms with Gasteiger partial charge in [-0.15, -0.1) is 0 Å². The predicted octanol–water partition coefficient (Wildman–Crippen LogP) is 6.10. The summed E-state index contributed by atoms with van der Waals surface area (Å²) in [5, 5.41) is 13.4. The molecule has 0 spiro atoms. The van der Waals surface area contributed by atoms with Crippen molar-refractivity contribution in [3.05, 3.63) is 86.3 Å². The van der Waals surface area contributed by atoms with Crippen LogP contribution in [0.2, 0.25) is 5.02 Å². The maximum Gasteiger partial charge on any atom is 0.361 e. The summed E-state index contributed by atoms with van der Waals surface area (Å²) in [7, 11) is 0. The Morgan fingerprint density at radius 2 is 1.89 bits per heavy atom. The zero-order valence-corrected chi connectivity index (χ0v) is 28.5. The minimum Gasteiger partial charge on any atom is -0.493 e. The molecule has 0 bridgehead atoms. The molecule has 0 radical (unpaired) electrons. The van der Waals surface area contributed by atoms with Crippen LogP contribution in [0.3, 0.4) is 0 Å². The molecule has 1 saturated heterocycles. The van der Waals surface area contributed by atoms with E-state index in [1.54, 1.807) is 0 Å². The number of halogens is 1. The van der Waals surface area contributed by atoms with E-state index in [2.05, 4.69) is 82.9 Å². The summed E-state index contributed by atoms with van der Waals surface area (Å²) in [6, 6.07) is 16.6. The minimum atomic E-state index is -0.336. The number of ether oxygens (including phenoxy) is 3. The van der Waals surface area contributed by atoms with Crippen molar-refractivity contribution in [1.82, 2.24) is 30.4 Å². The van der Waals surface area contributed by atoms with Crippen LogP contribution in [0.4, 0.5) is 0 Å². The van der Waals surface area contributed by atoms with E-state index in [-0.39, 0.29) is 11.8 Å². The average molecular weight is 661 g/mol. The van der Waals surface area contributed by atoms with Crippen molar-refractivity contribution in [2.24, 2.45) is 0 Å². The number of rotatable bonds is 15. The largest absolute Gasteiger partial charge is 0.493 e. The summed E-state index contributed by atoms with van der Waals surface area (Å²) >= 11 is 6.79. The minimum absolute atomic E-state index is 0.118. The van der Waals surface area contributed by atoms with Gasteiger partial charge < -0.3 is 19.5 Å². The second kappa shape index (κ2) is 14.5. The van der Waals surface area contributed by atoms with Gasteiger partial charge in [0, 0.05) is 43.3 Å². The van der Waals surface area contributed by atoms with Gasteiger partial charge in [-0.25, -0.2) is 9.89 Å². The Kier molecular flexibility index (Phi) is 10.2. The second-order valence-corrected chi connectivity index (χ2v) is 13.3. The molecule has 47 heavy (non-hydrogen) atoms. The number of H-pyrrole nitrogens is 1. The van der Waals surface area contributed by atoms with Crippen LogP contribution in [-0.2, 0) is 19.5 Å². The van der Waals surface area contributed by atoms with E-state index in [0.717, 1.165) is 42.7 Å². The summed E-state index contributed by atoms with van der Waals surface area (Å²) < 4.78 is 20.2. The van der Waals surface area contributed by atoms with Crippen LogP contribution >= 0.6 is 11.6 Å². The van der Waals surface area contributed by atoms with E-state index >= 15 is 0 Å². The Morgan fingerprint density at radius 1 is 1.06 bits per heavy atom. The topological polar surface area (TPSA) is 107 Å². The first kappa shape index (κ1) is 33.1. The third-order valence-electron chi connectivity index (χ3n) is 9.50. The van der Waals surface area contributed by atoms with Crippen LogP contribution in [0.1, 0.15) is 68.4 Å². The number of nitrogens with one attached hydrogen (secondary N) is 2. The molecule has 4 aromatic rings. The fraction of sp³-hybridized carbons (Fsp3) is 0.472. The zero-order chi connectivity index (χ0) is 33.0. The van der Waals surface area contributed by atoms with Gasteiger partial charge in [0.05, 0.1) is 24.8 Å². The van der Waals surface area contributed by atoms with E-state index in [9.17, 15) is 4.79 Å². The van der Waals surface area contributed by atoms with Gasteiger partial charge in [0.15, 0.2) is 0 Å². The Morgan fingerprint density at radius 3 is 2.64 bits per heavy atom. The standard InChI is InChI=1S/C36H45ClN6O4/c1-5-45-33-22-34(30(37)21-25(33)23-38-16-19-43-35(44)39-40-41-43)47-32-14-13-28-27(10-6-11-29(28)32)26-9-7-12-31(24(26)2)46-20-8-17-42-18-15-36(42,3)4/h6-7,9-12,21-22,32,38H,5,8,13-20,23H2,1-4H3,(H,39,41,44)/t32-/m0/s1. The highest BCUT2D eigenvalue weighted by Crippen LogP contribution is 2.44. The van der Waals surface area contributed by atoms with Gasteiger partial charge in [0.25, 0.3) is 0 Å². The molecule has 0 saturated carbocycles. The number of hydrogen-bond acceptors (Lipinski definition) is 8. The number of hydrogen-bond donors (Lipinski definition) is 2. The fourth-order valence-electron chi connectivity index (χ4n) is 6.64. The number of nitrogens with zero attached hydrogens (tertiary/aromatic N) is 4. The highest BCUT2D eigenvalue weighted by atomic mass is 35.5. The molecule has 1 atom stereocenters. The van der Waals surface area contributed by atoms with Crippen LogP contribution in [0.25, 0.3) is 11.1 Å². The van der Waals surface area contributed by atoms with Gasteiger partial charge in [-0.05, 0) is 104 Å². The quantitative estimate of drug-likeness (QED) is 0.147. The Bertz CT molecular complexity index is 1750. The van der Waals surface area contributed by atoms with Gasteiger partial charge in [-0.1, -0.05) is 41.9 Å². The molecule has 3 aromatic carbocycles. The summed E-state index contributed by atoms with van der Waals surface area (Å²) in [5.41, 5.74) is 6.99. The average Bonchev–Trinajstić information content (AvgIpc) is 3.66. The van der Waals surface area contributed by atoms with Crippen LogP contribution < -0.4 is 25.2 Å². The van der Waals surface area contributed by atoms with Crippen LogP contribution in [0.15, 0.2) is 53.3 Å². The summed E-state index contributed by atoms with van der Waals surface area (Å²) in [4.78, 5) is 14.2. The van der Waals surface area contributed by atoms with Crippen molar-refractivity contribution in [1.29, 1.82) is 0 Å². The van der Waals surface area contributed by atoms with Crippen molar-refractivity contribution >= 4 is 11.6 Å². The first-order chi connectivity index (χ1) is 22.7. The van der Waals surface area contributed by atoms with Crippen molar-refractivity contribution in [2.75, 3.05) is 32.8 Å². The van der Waals surface area contributed by atoms with Crippen molar-refractivity contribution in [3.63, 3.8) is 0 Å². The molecule has 2 heterocycles. The molecule has 0 unspecified atom stereocenters. The molecule has 0 amide bonds. The first-order valence-corrected chi connectivity index (χ1v) is 17.0. The number of fused-ring (bicyclic) bond motifs is 1. The van der Waals surface area contributed by atoms with Gasteiger partial charge in [-0.2, -0.15) is 4.68 Å². The normalized spacial score (nSPS) is 16.9. The Balaban J connectivity index is 1.13. The molecule has 1 fully saturated rings. The maximum absolute atomic E-state index is 11.6. The summed E-state index contributed by atoms with van der Waals surface area (Å²) in [6.07, 6.45) is 3.95. The highest BCUT2D eigenvalue weighted by molar-refractivity contribution is 6.32. The number of tetrazole rings is 1. The molecule has 6 rings (SSSR count). The molecular weight excluding hydrogens is 616 g/mol. The van der Waals surface area contributed by atoms with Gasteiger partial charge in [0.1, 0.15) is 23.4 Å². The number of aromatic nitrogens is 4. The van der Waals surface area contributed by atoms with Crippen LogP contribution in [-0.4, -0.2) is 63.5 Å². The lowest BCUT2D eigenvalue weighted by Gasteiger charge is -2.48. The summed E-state index contributed by atoms with van der Waals surface area (Å²) in [5.74, 6) is 2.26. The lowest BCUT2D eigenvalue weighted by molar-refractivity contribution is 0.0123. The van der Waals surface area contributed by atoms with Crippen LogP contribution in [0, 0.1) is 6.92 Å². The third-order valence-corrected chi connectivity index (χ3v) is 9.80. The molecule has 250 valence electrons.